The number of halogens is 1. The Balaban J connectivity index is 2.75. The van der Waals surface area contributed by atoms with Gasteiger partial charge in [0.05, 0.1) is 7.11 Å². The van der Waals surface area contributed by atoms with E-state index in [0.717, 1.165) is 12.0 Å². The fraction of sp³-hybridized carbons (Fsp3) is 0.600. The van der Waals surface area contributed by atoms with E-state index in [1.165, 1.54) is 13.2 Å². The highest BCUT2D eigenvalue weighted by molar-refractivity contribution is 5.31. The van der Waals surface area contributed by atoms with Crippen LogP contribution in [0.4, 0.5) is 4.39 Å². The average molecular weight is 253 g/mol. The summed E-state index contributed by atoms with van der Waals surface area (Å²) in [6, 6.07) is 5.64. The summed E-state index contributed by atoms with van der Waals surface area (Å²) in [5.74, 6) is 0.607. The quantitative estimate of drug-likeness (QED) is 0.829. The summed E-state index contributed by atoms with van der Waals surface area (Å²) >= 11 is 0. The second kappa shape index (κ2) is 6.74. The highest BCUT2D eigenvalue weighted by atomic mass is 19.1. The van der Waals surface area contributed by atoms with Crippen molar-refractivity contribution >= 4 is 0 Å². The van der Waals surface area contributed by atoms with E-state index in [0.29, 0.717) is 17.7 Å². The first-order chi connectivity index (χ1) is 8.49. The Morgan fingerprint density at radius 1 is 1.28 bits per heavy atom. The Morgan fingerprint density at radius 3 is 2.50 bits per heavy atom. The third-order valence-electron chi connectivity index (χ3n) is 3.69. The lowest BCUT2D eigenvalue weighted by Gasteiger charge is -2.25. The summed E-state index contributed by atoms with van der Waals surface area (Å²) in [4.78, 5) is 0. The number of ether oxygens (including phenoxy) is 1. The summed E-state index contributed by atoms with van der Waals surface area (Å²) in [5.41, 5.74) is 1.04. The number of hydrogen-bond acceptors (Lipinski definition) is 2. The van der Waals surface area contributed by atoms with Crippen LogP contribution in [0.15, 0.2) is 18.2 Å². The van der Waals surface area contributed by atoms with Crippen LogP contribution in [0.3, 0.4) is 0 Å². The Kier molecular flexibility index (Phi) is 5.60. The minimum atomic E-state index is -0.316. The molecule has 1 N–H and O–H groups in total. The Hall–Kier alpha value is -1.09. The fourth-order valence-corrected chi connectivity index (χ4v) is 1.95. The molecule has 0 aromatic heterocycles. The first-order valence-electron chi connectivity index (χ1n) is 6.59. The standard InChI is InChI=1S/C15H24FNO/c1-6-10(2)11(3)17-12(4)13-7-8-14(16)15(9-13)18-5/h7-12,17H,6H2,1-5H3. The van der Waals surface area contributed by atoms with Crippen LogP contribution in [0.25, 0.3) is 0 Å². The van der Waals surface area contributed by atoms with Crippen LogP contribution < -0.4 is 10.1 Å². The molecule has 0 heterocycles. The van der Waals surface area contributed by atoms with Gasteiger partial charge in [-0.3, -0.25) is 0 Å². The molecule has 0 fully saturated rings. The number of hydrogen-bond donors (Lipinski definition) is 1. The molecule has 102 valence electrons. The molecule has 0 saturated heterocycles. The maximum absolute atomic E-state index is 13.3. The largest absolute Gasteiger partial charge is 0.494 e. The predicted octanol–water partition coefficient (Wildman–Crippen LogP) is 3.92. The van der Waals surface area contributed by atoms with Crippen molar-refractivity contribution in [3.05, 3.63) is 29.6 Å². The van der Waals surface area contributed by atoms with E-state index in [4.69, 9.17) is 4.74 Å². The van der Waals surface area contributed by atoms with Crippen LogP contribution >= 0.6 is 0 Å². The Bertz CT molecular complexity index is 381. The summed E-state index contributed by atoms with van der Waals surface area (Å²) in [6.45, 7) is 8.70. The van der Waals surface area contributed by atoms with Crippen LogP contribution in [0, 0.1) is 11.7 Å². The van der Waals surface area contributed by atoms with Crippen molar-refractivity contribution in [1.29, 1.82) is 0 Å². The molecule has 0 radical (unpaired) electrons. The van der Waals surface area contributed by atoms with E-state index in [1.807, 2.05) is 0 Å². The summed E-state index contributed by atoms with van der Waals surface area (Å²) < 4.78 is 18.3. The molecule has 0 aliphatic carbocycles. The minimum Gasteiger partial charge on any atom is -0.494 e. The molecule has 1 aromatic carbocycles. The van der Waals surface area contributed by atoms with Crippen molar-refractivity contribution < 1.29 is 9.13 Å². The van der Waals surface area contributed by atoms with Crippen LogP contribution in [0.5, 0.6) is 5.75 Å². The second-order valence-corrected chi connectivity index (χ2v) is 4.96. The third kappa shape index (κ3) is 3.70. The topological polar surface area (TPSA) is 21.3 Å². The molecule has 3 atom stereocenters. The first kappa shape index (κ1) is 15.0. The van der Waals surface area contributed by atoms with Crippen LogP contribution in [0.2, 0.25) is 0 Å². The van der Waals surface area contributed by atoms with Crippen molar-refractivity contribution in [3.63, 3.8) is 0 Å². The van der Waals surface area contributed by atoms with Gasteiger partial charge in [0.25, 0.3) is 0 Å². The van der Waals surface area contributed by atoms with Crippen molar-refractivity contribution in [1.82, 2.24) is 5.32 Å². The zero-order valence-electron chi connectivity index (χ0n) is 12.0. The van der Waals surface area contributed by atoms with Gasteiger partial charge in [-0.05, 0) is 37.5 Å². The molecule has 0 amide bonds. The van der Waals surface area contributed by atoms with Gasteiger partial charge < -0.3 is 10.1 Å². The van der Waals surface area contributed by atoms with Gasteiger partial charge in [0, 0.05) is 12.1 Å². The predicted molar refractivity (Wildman–Crippen MR) is 73.4 cm³/mol. The molecule has 0 aliphatic rings. The lowest BCUT2D eigenvalue weighted by molar-refractivity contribution is 0.357. The molecule has 2 nitrogen and oxygen atoms in total. The molecule has 3 unspecified atom stereocenters. The maximum Gasteiger partial charge on any atom is 0.165 e. The van der Waals surface area contributed by atoms with E-state index < -0.39 is 0 Å². The molecule has 0 aliphatic heterocycles. The van der Waals surface area contributed by atoms with Gasteiger partial charge in [-0.1, -0.05) is 26.3 Å². The lowest BCUT2D eigenvalue weighted by atomic mass is 9.98. The monoisotopic (exact) mass is 253 g/mol. The molecule has 0 saturated carbocycles. The van der Waals surface area contributed by atoms with Crippen LogP contribution in [0.1, 0.15) is 45.7 Å². The normalized spacial score (nSPS) is 16.1. The Labute approximate surface area is 110 Å². The zero-order valence-corrected chi connectivity index (χ0v) is 12.0. The molecular weight excluding hydrogens is 229 g/mol. The van der Waals surface area contributed by atoms with Crippen LogP contribution in [-0.4, -0.2) is 13.2 Å². The first-order valence-corrected chi connectivity index (χ1v) is 6.59. The smallest absolute Gasteiger partial charge is 0.165 e. The SMILES string of the molecule is CCC(C)C(C)NC(C)c1ccc(F)c(OC)c1. The van der Waals surface area contributed by atoms with Gasteiger partial charge in [-0.2, -0.15) is 0 Å². The van der Waals surface area contributed by atoms with Gasteiger partial charge in [0.1, 0.15) is 0 Å². The van der Waals surface area contributed by atoms with Crippen molar-refractivity contribution in [2.75, 3.05) is 7.11 Å². The molecule has 0 bridgehead atoms. The summed E-state index contributed by atoms with van der Waals surface area (Å²) in [6.07, 6.45) is 1.15. The minimum absolute atomic E-state index is 0.184. The highest BCUT2D eigenvalue weighted by Crippen LogP contribution is 2.23. The van der Waals surface area contributed by atoms with Gasteiger partial charge in [0.15, 0.2) is 11.6 Å². The molecule has 3 heteroatoms. The van der Waals surface area contributed by atoms with Crippen LogP contribution in [-0.2, 0) is 0 Å². The molecular formula is C15H24FNO. The average Bonchev–Trinajstić information content (AvgIpc) is 2.37. The van der Waals surface area contributed by atoms with Gasteiger partial charge >= 0.3 is 0 Å². The number of nitrogens with one attached hydrogen (secondary N) is 1. The molecule has 18 heavy (non-hydrogen) atoms. The molecule has 0 spiro atoms. The number of rotatable bonds is 6. The summed E-state index contributed by atoms with van der Waals surface area (Å²) in [5, 5.41) is 3.54. The molecule has 1 aromatic rings. The van der Waals surface area contributed by atoms with Gasteiger partial charge in [0.2, 0.25) is 0 Å². The van der Waals surface area contributed by atoms with Crippen molar-refractivity contribution in [3.8, 4) is 5.75 Å². The van der Waals surface area contributed by atoms with Gasteiger partial charge in [-0.25, -0.2) is 4.39 Å². The zero-order chi connectivity index (χ0) is 13.7. The van der Waals surface area contributed by atoms with Gasteiger partial charge in [-0.15, -0.1) is 0 Å². The summed E-state index contributed by atoms with van der Waals surface area (Å²) in [7, 11) is 1.49. The number of benzene rings is 1. The number of methoxy groups -OCH3 is 1. The van der Waals surface area contributed by atoms with E-state index in [9.17, 15) is 4.39 Å². The lowest BCUT2D eigenvalue weighted by Crippen LogP contribution is -2.33. The third-order valence-corrected chi connectivity index (χ3v) is 3.69. The van der Waals surface area contributed by atoms with E-state index in [1.54, 1.807) is 12.1 Å². The van der Waals surface area contributed by atoms with Crippen molar-refractivity contribution in [2.45, 2.75) is 46.2 Å². The second-order valence-electron chi connectivity index (χ2n) is 4.96. The molecule has 1 rings (SSSR count). The van der Waals surface area contributed by atoms with Crippen molar-refractivity contribution in [2.24, 2.45) is 5.92 Å². The maximum atomic E-state index is 13.3. The fourth-order valence-electron chi connectivity index (χ4n) is 1.95. The van der Waals surface area contributed by atoms with E-state index in [2.05, 4.69) is 33.0 Å². The highest BCUT2D eigenvalue weighted by Gasteiger charge is 2.15. The van der Waals surface area contributed by atoms with E-state index >= 15 is 0 Å². The van der Waals surface area contributed by atoms with E-state index in [-0.39, 0.29) is 11.9 Å². The Morgan fingerprint density at radius 2 is 1.94 bits per heavy atom.